The molecule has 0 heterocycles. The summed E-state index contributed by atoms with van der Waals surface area (Å²) >= 11 is 0. The molecule has 2 N–H and O–H groups in total. The van der Waals surface area contributed by atoms with E-state index in [2.05, 4.69) is 10.6 Å². The van der Waals surface area contributed by atoms with Gasteiger partial charge in [-0.1, -0.05) is 18.2 Å². The lowest BCUT2D eigenvalue weighted by atomic mass is 10.1. The second-order valence-corrected chi connectivity index (χ2v) is 5.75. The number of ether oxygens (including phenoxy) is 2. The maximum absolute atomic E-state index is 12.7. The zero-order valence-electron chi connectivity index (χ0n) is 15.0. The monoisotopic (exact) mass is 382 g/mol. The second kappa shape index (κ2) is 9.16. The predicted molar refractivity (Wildman–Crippen MR) is 94.9 cm³/mol. The number of amides is 2. The lowest BCUT2D eigenvalue weighted by Gasteiger charge is -2.11. The fourth-order valence-electron chi connectivity index (χ4n) is 2.46. The number of carbonyl (C=O) groups excluding carboxylic acids is 1. The Balaban J connectivity index is 1.80. The molecule has 0 saturated carbocycles. The van der Waals surface area contributed by atoms with Crippen molar-refractivity contribution >= 4 is 6.03 Å². The van der Waals surface area contributed by atoms with Gasteiger partial charge in [0.25, 0.3) is 0 Å². The fourth-order valence-corrected chi connectivity index (χ4v) is 2.46. The Kier molecular flexibility index (Phi) is 6.92. The molecule has 5 nitrogen and oxygen atoms in total. The first-order valence-electron chi connectivity index (χ1n) is 8.22. The lowest BCUT2D eigenvalue weighted by Crippen LogP contribution is -2.36. The molecule has 0 aromatic heterocycles. The van der Waals surface area contributed by atoms with Crippen molar-refractivity contribution in [3.63, 3.8) is 0 Å². The maximum Gasteiger partial charge on any atom is 0.416 e. The van der Waals surface area contributed by atoms with Gasteiger partial charge in [-0.25, -0.2) is 4.79 Å². The van der Waals surface area contributed by atoms with Crippen LogP contribution in [0.15, 0.2) is 42.5 Å². The van der Waals surface area contributed by atoms with Gasteiger partial charge in [0.2, 0.25) is 0 Å². The fraction of sp³-hybridized carbons (Fsp3) is 0.316. The summed E-state index contributed by atoms with van der Waals surface area (Å²) in [5.41, 5.74) is 0.585. The zero-order valence-corrected chi connectivity index (χ0v) is 15.0. The van der Waals surface area contributed by atoms with Gasteiger partial charge in [0, 0.05) is 13.1 Å². The van der Waals surface area contributed by atoms with E-state index in [9.17, 15) is 18.0 Å². The van der Waals surface area contributed by atoms with Crippen LogP contribution in [0.4, 0.5) is 18.0 Å². The Morgan fingerprint density at radius 3 is 2.37 bits per heavy atom. The third kappa shape index (κ3) is 6.09. The quantitative estimate of drug-likeness (QED) is 0.767. The number of benzene rings is 2. The van der Waals surface area contributed by atoms with Gasteiger partial charge in [-0.2, -0.15) is 13.2 Å². The minimum atomic E-state index is -4.41. The third-order valence-corrected chi connectivity index (χ3v) is 3.85. The van der Waals surface area contributed by atoms with E-state index in [0.29, 0.717) is 30.0 Å². The number of rotatable bonds is 7. The Morgan fingerprint density at radius 1 is 0.963 bits per heavy atom. The van der Waals surface area contributed by atoms with E-state index in [1.54, 1.807) is 20.3 Å². The van der Waals surface area contributed by atoms with Crippen molar-refractivity contribution < 1.29 is 27.4 Å². The van der Waals surface area contributed by atoms with Gasteiger partial charge in [-0.3, -0.25) is 0 Å². The van der Waals surface area contributed by atoms with E-state index in [0.717, 1.165) is 17.7 Å². The summed E-state index contributed by atoms with van der Waals surface area (Å²) in [6, 6.07) is 9.87. The van der Waals surface area contributed by atoms with Gasteiger partial charge in [-0.05, 0) is 41.8 Å². The van der Waals surface area contributed by atoms with Crippen LogP contribution in [0.25, 0.3) is 0 Å². The van der Waals surface area contributed by atoms with Gasteiger partial charge in [0.15, 0.2) is 11.5 Å². The van der Waals surface area contributed by atoms with Crippen LogP contribution >= 0.6 is 0 Å². The molecule has 0 atom stereocenters. The van der Waals surface area contributed by atoms with E-state index in [1.165, 1.54) is 12.1 Å². The second-order valence-electron chi connectivity index (χ2n) is 5.75. The molecule has 0 bridgehead atoms. The summed E-state index contributed by atoms with van der Waals surface area (Å²) < 4.78 is 48.4. The molecule has 0 aliphatic heterocycles. The summed E-state index contributed by atoms with van der Waals surface area (Å²) in [5.74, 6) is 1.22. The number of urea groups is 1. The molecule has 2 rings (SSSR count). The number of carbonyl (C=O) groups is 1. The Hall–Kier alpha value is -2.90. The number of halogens is 3. The number of hydrogen-bond donors (Lipinski definition) is 2. The van der Waals surface area contributed by atoms with Crippen molar-refractivity contribution in [3.05, 3.63) is 59.2 Å². The first-order chi connectivity index (χ1) is 12.8. The molecule has 146 valence electrons. The highest BCUT2D eigenvalue weighted by Gasteiger charge is 2.30. The Labute approximate surface area is 155 Å². The van der Waals surface area contributed by atoms with Gasteiger partial charge in [0.05, 0.1) is 19.8 Å². The zero-order chi connectivity index (χ0) is 19.9. The van der Waals surface area contributed by atoms with Crippen molar-refractivity contribution in [2.45, 2.75) is 19.1 Å². The molecule has 0 fully saturated rings. The normalized spacial score (nSPS) is 11.0. The summed E-state index contributed by atoms with van der Waals surface area (Å²) in [6.45, 7) is 0.371. The molecular formula is C19H21F3N2O3. The van der Waals surface area contributed by atoms with Gasteiger partial charge < -0.3 is 20.1 Å². The SMILES string of the molecule is COc1ccc(CCNC(=O)NCc2cccc(C(F)(F)F)c2)cc1OC. The topological polar surface area (TPSA) is 59.6 Å². The summed E-state index contributed by atoms with van der Waals surface area (Å²) in [5, 5.41) is 5.21. The molecule has 0 spiro atoms. The van der Waals surface area contributed by atoms with Crippen LogP contribution in [0.1, 0.15) is 16.7 Å². The molecule has 0 aliphatic carbocycles. The summed E-state index contributed by atoms with van der Waals surface area (Å²) in [4.78, 5) is 11.8. The third-order valence-electron chi connectivity index (χ3n) is 3.85. The number of hydrogen-bond acceptors (Lipinski definition) is 3. The van der Waals surface area contributed by atoms with E-state index in [-0.39, 0.29) is 6.54 Å². The minimum absolute atomic E-state index is 0.00606. The van der Waals surface area contributed by atoms with Crippen LogP contribution in [0.2, 0.25) is 0 Å². The van der Waals surface area contributed by atoms with Crippen LogP contribution in [0.3, 0.4) is 0 Å². The molecule has 2 amide bonds. The van der Waals surface area contributed by atoms with E-state index >= 15 is 0 Å². The molecule has 0 radical (unpaired) electrons. The van der Waals surface area contributed by atoms with Crippen molar-refractivity contribution in [3.8, 4) is 11.5 Å². The number of nitrogens with one attached hydrogen (secondary N) is 2. The standard InChI is InChI=1S/C19H21F3N2O3/c1-26-16-7-6-13(11-17(16)27-2)8-9-23-18(25)24-12-14-4-3-5-15(10-14)19(20,21)22/h3-7,10-11H,8-9,12H2,1-2H3,(H2,23,24,25). The van der Waals surface area contributed by atoms with E-state index in [4.69, 9.17) is 9.47 Å². The van der Waals surface area contributed by atoms with Gasteiger partial charge in [-0.15, -0.1) is 0 Å². The Morgan fingerprint density at radius 2 is 1.70 bits per heavy atom. The molecule has 8 heteroatoms. The predicted octanol–water partition coefficient (Wildman–Crippen LogP) is 3.76. The van der Waals surface area contributed by atoms with E-state index < -0.39 is 17.8 Å². The van der Waals surface area contributed by atoms with Crippen LogP contribution < -0.4 is 20.1 Å². The van der Waals surface area contributed by atoms with Crippen LogP contribution in [-0.2, 0) is 19.1 Å². The summed E-state index contributed by atoms with van der Waals surface area (Å²) in [7, 11) is 3.09. The lowest BCUT2D eigenvalue weighted by molar-refractivity contribution is -0.137. The van der Waals surface area contributed by atoms with Crippen LogP contribution in [-0.4, -0.2) is 26.8 Å². The molecule has 2 aromatic rings. The summed E-state index contributed by atoms with van der Waals surface area (Å²) in [6.07, 6.45) is -3.84. The average Bonchev–Trinajstić information content (AvgIpc) is 2.65. The van der Waals surface area contributed by atoms with Gasteiger partial charge >= 0.3 is 12.2 Å². The minimum Gasteiger partial charge on any atom is -0.493 e. The van der Waals surface area contributed by atoms with Gasteiger partial charge in [0.1, 0.15) is 0 Å². The molecule has 2 aromatic carbocycles. The van der Waals surface area contributed by atoms with Crippen LogP contribution in [0, 0.1) is 0 Å². The smallest absolute Gasteiger partial charge is 0.416 e. The first kappa shape index (κ1) is 20.4. The van der Waals surface area contributed by atoms with Crippen molar-refractivity contribution in [2.24, 2.45) is 0 Å². The average molecular weight is 382 g/mol. The number of alkyl halides is 3. The van der Waals surface area contributed by atoms with Crippen molar-refractivity contribution in [1.82, 2.24) is 10.6 Å². The maximum atomic E-state index is 12.7. The van der Waals surface area contributed by atoms with E-state index in [1.807, 2.05) is 12.1 Å². The highest BCUT2D eigenvalue weighted by atomic mass is 19.4. The molecule has 0 aliphatic rings. The molecular weight excluding hydrogens is 361 g/mol. The highest BCUT2D eigenvalue weighted by molar-refractivity contribution is 5.73. The van der Waals surface area contributed by atoms with Crippen molar-refractivity contribution in [2.75, 3.05) is 20.8 Å². The first-order valence-corrected chi connectivity index (χ1v) is 8.22. The molecule has 0 unspecified atom stereocenters. The molecule has 0 saturated heterocycles. The Bertz CT molecular complexity index is 779. The molecule has 27 heavy (non-hydrogen) atoms. The van der Waals surface area contributed by atoms with Crippen molar-refractivity contribution in [1.29, 1.82) is 0 Å². The van der Waals surface area contributed by atoms with Crippen LogP contribution in [0.5, 0.6) is 11.5 Å². The largest absolute Gasteiger partial charge is 0.493 e. The number of methoxy groups -OCH3 is 2. The highest BCUT2D eigenvalue weighted by Crippen LogP contribution is 2.29.